The molecule has 2 aromatic carbocycles. The van der Waals surface area contributed by atoms with Crippen LogP contribution in [0, 0.1) is 0 Å². The smallest absolute Gasteiger partial charge is 0.365 e. The first-order valence-electron chi connectivity index (χ1n) is 15.1. The fourth-order valence-electron chi connectivity index (χ4n) is 5.73. The number of H-pyrrole nitrogens is 1. The van der Waals surface area contributed by atoms with E-state index in [1.807, 2.05) is 55.5 Å². The summed E-state index contributed by atoms with van der Waals surface area (Å²) < 4.78 is 36.3. The summed E-state index contributed by atoms with van der Waals surface area (Å²) in [5, 5.41) is 31.5. The van der Waals surface area contributed by atoms with Crippen LogP contribution in [0.5, 0.6) is 0 Å². The lowest BCUT2D eigenvalue weighted by atomic mass is 9.98. The molecule has 6 rings (SSSR count). The molecule has 19 heteroatoms. The summed E-state index contributed by atoms with van der Waals surface area (Å²) in [7, 11) is -4.52. The van der Waals surface area contributed by atoms with E-state index < -0.39 is 49.7 Å². The molecular weight excluding hydrogens is 673 g/mol. The van der Waals surface area contributed by atoms with Crippen LogP contribution in [0.25, 0.3) is 22.5 Å². The summed E-state index contributed by atoms with van der Waals surface area (Å²) in [5.74, 6) is 0.159. The molecule has 0 amide bonds. The number of nitrogens with zero attached hydrogens (tertiary/aromatic N) is 6. The molecule has 4 heterocycles. The van der Waals surface area contributed by atoms with Gasteiger partial charge in [-0.05, 0) is 33.5 Å². The normalized spacial score (nSPS) is 21.8. The molecule has 0 spiro atoms. The Balaban J connectivity index is 1.15. The second kappa shape index (κ2) is 14.9. The average Bonchev–Trinajstić information content (AvgIpc) is 3.87. The third-order valence-electron chi connectivity index (χ3n) is 7.94. The molecule has 48 heavy (non-hydrogen) atoms. The van der Waals surface area contributed by atoms with Gasteiger partial charge in [0.25, 0.3) is 0 Å². The van der Waals surface area contributed by atoms with Crippen molar-refractivity contribution < 1.29 is 48.2 Å². The number of ether oxygens (including phenoxy) is 3. The minimum atomic E-state index is -4.52. The van der Waals surface area contributed by atoms with Gasteiger partial charge in [0.1, 0.15) is 30.2 Å². The Bertz CT molecular complexity index is 1760. The van der Waals surface area contributed by atoms with Crippen LogP contribution in [0.2, 0.25) is 5.15 Å². The number of aromatic nitrogens is 6. The van der Waals surface area contributed by atoms with Gasteiger partial charge in [-0.2, -0.15) is 0 Å². The topological polar surface area (TPSA) is 216 Å². The molecule has 17 nitrogen and oxygen atoms in total. The lowest BCUT2D eigenvalue weighted by Crippen LogP contribution is -2.36. The Hall–Kier alpha value is -3.61. The number of fused-ring (bicyclic) bond motifs is 1. The van der Waals surface area contributed by atoms with Gasteiger partial charge in [0, 0.05) is 18.5 Å². The van der Waals surface area contributed by atoms with Crippen LogP contribution in [0.3, 0.4) is 0 Å². The molecule has 2 aromatic heterocycles. The molecule has 0 bridgehead atoms. The van der Waals surface area contributed by atoms with E-state index in [0.29, 0.717) is 18.1 Å². The van der Waals surface area contributed by atoms with E-state index >= 15 is 0 Å². The molecule has 0 radical (unpaired) electrons. The molecule has 2 aliphatic rings. The van der Waals surface area contributed by atoms with Crippen LogP contribution in [0.15, 0.2) is 48.5 Å². The molecule has 0 saturated carbocycles. The number of unbranched alkanes of at least 4 members (excludes halogenated alkanes) is 1. The number of aryl methyl sites for hydroxylation is 1. The van der Waals surface area contributed by atoms with E-state index in [9.17, 15) is 14.3 Å². The Morgan fingerprint density at radius 3 is 2.50 bits per heavy atom. The third kappa shape index (κ3) is 7.66. The predicted octanol–water partition coefficient (Wildman–Crippen LogP) is 3.64. The van der Waals surface area contributed by atoms with E-state index in [1.54, 1.807) is 4.57 Å². The van der Waals surface area contributed by atoms with Crippen LogP contribution in [-0.4, -0.2) is 101 Å². The molecule has 0 aliphatic carbocycles. The Labute approximate surface area is 278 Å². The van der Waals surface area contributed by atoms with Crippen molar-refractivity contribution >= 4 is 25.2 Å². The van der Waals surface area contributed by atoms with E-state index in [2.05, 4.69) is 25.6 Å². The lowest BCUT2D eigenvalue weighted by Gasteiger charge is -2.20. The van der Waals surface area contributed by atoms with Gasteiger partial charge in [-0.1, -0.05) is 73.5 Å². The van der Waals surface area contributed by atoms with Crippen molar-refractivity contribution in [2.45, 2.75) is 57.1 Å². The van der Waals surface area contributed by atoms with Crippen LogP contribution in [0.4, 0.5) is 0 Å². The molecule has 2 aliphatic heterocycles. The average molecular weight is 706 g/mol. The summed E-state index contributed by atoms with van der Waals surface area (Å²) in [6, 6.07) is 15.4. The van der Waals surface area contributed by atoms with Gasteiger partial charge in [-0.15, -0.1) is 5.10 Å². The highest BCUT2D eigenvalue weighted by Crippen LogP contribution is 2.47. The molecule has 4 aromatic rings. The second-order valence-electron chi connectivity index (χ2n) is 11.2. The molecule has 1 unspecified atom stereocenters. The summed E-state index contributed by atoms with van der Waals surface area (Å²) >= 11 is 6.46. The zero-order chi connectivity index (χ0) is 33.8. The van der Waals surface area contributed by atoms with Gasteiger partial charge >= 0.3 is 13.6 Å². The third-order valence-corrected chi connectivity index (χ3v) is 9.25. The number of halogens is 1. The second-order valence-corrected chi connectivity index (χ2v) is 13.3. The summed E-state index contributed by atoms with van der Waals surface area (Å²) in [6.45, 7) is 2.05. The molecule has 256 valence electrons. The number of nitrogens with one attached hydrogen (secondary N) is 1. The molecule has 2 fully saturated rings. The minimum Gasteiger partial charge on any atom is -0.448 e. The highest BCUT2D eigenvalue weighted by atomic mass is 35.5. The van der Waals surface area contributed by atoms with Gasteiger partial charge in [-0.3, -0.25) is 19.5 Å². The number of carbonyl (C=O) groups is 1. The van der Waals surface area contributed by atoms with Gasteiger partial charge in [0.05, 0.1) is 18.6 Å². The Morgan fingerprint density at radius 2 is 1.81 bits per heavy atom. The minimum absolute atomic E-state index is 0.0593. The summed E-state index contributed by atoms with van der Waals surface area (Å²) in [5.41, 5.74) is 3.47. The van der Waals surface area contributed by atoms with Crippen LogP contribution < -0.4 is 0 Å². The maximum atomic E-state index is 13.4. The van der Waals surface area contributed by atoms with Gasteiger partial charge in [0.2, 0.25) is 0 Å². The maximum Gasteiger partial charge on any atom is 0.365 e. The lowest BCUT2D eigenvalue weighted by molar-refractivity contribution is -0.507. The van der Waals surface area contributed by atoms with Crippen molar-refractivity contribution in [1.82, 2.24) is 35.6 Å². The molecule has 2 saturated heterocycles. The van der Waals surface area contributed by atoms with E-state index in [4.69, 9.17) is 45.6 Å². The Morgan fingerprint density at radius 1 is 1.10 bits per heavy atom. The van der Waals surface area contributed by atoms with Crippen molar-refractivity contribution in [2.75, 3.05) is 19.6 Å². The fourth-order valence-corrected chi connectivity index (χ4v) is 6.95. The number of benzene rings is 2. The number of tetrazole rings is 1. The SMILES string of the molecule is CCCCc1nc(Cl)c(C(=O)OCP(=O)(O)O[C@H]2CO[C@H]3[C@@H]2OC[C@H]3ON(O)O)n1Cc1ccc(-c2ccccc2-c2nnn[nH]2)cc1. The van der Waals surface area contributed by atoms with Crippen molar-refractivity contribution in [3.8, 4) is 22.5 Å². The van der Waals surface area contributed by atoms with E-state index in [0.717, 1.165) is 35.1 Å². The largest absolute Gasteiger partial charge is 0.448 e. The van der Waals surface area contributed by atoms with Gasteiger partial charge < -0.3 is 23.7 Å². The first-order valence-corrected chi connectivity index (χ1v) is 17.2. The highest BCUT2D eigenvalue weighted by Gasteiger charge is 2.51. The first kappa shape index (κ1) is 34.3. The summed E-state index contributed by atoms with van der Waals surface area (Å²) in [4.78, 5) is 33.1. The quantitative estimate of drug-likeness (QED) is 0.0837. The zero-order valence-electron chi connectivity index (χ0n) is 25.6. The Kier molecular flexibility index (Phi) is 10.6. The monoisotopic (exact) mass is 705 g/mol. The predicted molar refractivity (Wildman–Crippen MR) is 165 cm³/mol. The van der Waals surface area contributed by atoms with Crippen molar-refractivity contribution in [1.29, 1.82) is 0 Å². The van der Waals surface area contributed by atoms with E-state index in [1.165, 1.54) is 0 Å². The zero-order valence-corrected chi connectivity index (χ0v) is 27.2. The van der Waals surface area contributed by atoms with Crippen molar-refractivity contribution in [3.63, 3.8) is 0 Å². The van der Waals surface area contributed by atoms with Gasteiger partial charge in [-0.25, -0.2) is 19.7 Å². The number of hydrogen-bond acceptors (Lipinski definition) is 14. The molecule has 5 atom stereocenters. The number of imidazole rings is 1. The summed E-state index contributed by atoms with van der Waals surface area (Å²) in [6.07, 6.45) is -2.22. The first-order chi connectivity index (χ1) is 23.1. The van der Waals surface area contributed by atoms with Crippen LogP contribution in [-0.2, 0) is 41.1 Å². The standard InChI is InChI=1S/C29H33ClN7O10P/c1-2-3-8-23-31-27(30)24(29(38)45-16-48(41,42)47-22-15-44-25-21(46-37(39)40)14-43-26(22)25)36(23)13-17-9-11-18(12-10-17)19-6-4-5-7-20(19)28-32-34-35-33-28/h4-7,9-12,21-22,25-26,39-40H,2-3,8,13-16H2,1H3,(H,41,42)(H,32,33,34,35)/t21-,22+,25-,26-/m1/s1. The van der Waals surface area contributed by atoms with Crippen LogP contribution >= 0.6 is 19.2 Å². The number of aromatic amines is 1. The number of hydrogen-bond donors (Lipinski definition) is 4. The molecular formula is C29H33ClN7O10P. The fraction of sp³-hybridized carbons (Fsp3) is 0.414. The van der Waals surface area contributed by atoms with Crippen LogP contribution in [0.1, 0.15) is 41.6 Å². The molecule has 4 N–H and O–H groups in total. The van der Waals surface area contributed by atoms with Crippen molar-refractivity contribution in [3.05, 3.63) is 70.8 Å². The highest BCUT2D eigenvalue weighted by molar-refractivity contribution is 7.52. The number of carbonyl (C=O) groups excluding carboxylic acids is 1. The maximum absolute atomic E-state index is 13.4. The number of rotatable bonds is 14. The van der Waals surface area contributed by atoms with Gasteiger partial charge in [0.15, 0.2) is 23.0 Å². The van der Waals surface area contributed by atoms with E-state index in [-0.39, 0.29) is 30.6 Å². The van der Waals surface area contributed by atoms with Crippen molar-refractivity contribution in [2.24, 2.45) is 0 Å². The number of esters is 1.